The van der Waals surface area contributed by atoms with Crippen LogP contribution in [0, 0.1) is 0 Å². The van der Waals surface area contributed by atoms with Crippen molar-refractivity contribution in [3.8, 4) is 5.75 Å². The van der Waals surface area contributed by atoms with Gasteiger partial charge in [0.2, 0.25) is 0 Å². The number of carbonyl (C=O) groups excluding carboxylic acids is 1. The van der Waals surface area contributed by atoms with E-state index in [-0.39, 0.29) is 11.4 Å². The van der Waals surface area contributed by atoms with Crippen molar-refractivity contribution in [3.63, 3.8) is 0 Å². The topological polar surface area (TPSA) is 38.8 Å². The summed E-state index contributed by atoms with van der Waals surface area (Å²) in [4.78, 5) is 14.2. The minimum Gasteiger partial charge on any atom is -0.492 e. The second-order valence-electron chi connectivity index (χ2n) is 7.74. The molecule has 126 valence electrons. The average molecular weight is 317 g/mol. The van der Waals surface area contributed by atoms with Crippen molar-refractivity contribution < 1.29 is 14.3 Å². The van der Waals surface area contributed by atoms with Gasteiger partial charge >= 0.3 is 5.97 Å². The zero-order valence-corrected chi connectivity index (χ0v) is 14.4. The van der Waals surface area contributed by atoms with E-state index in [1.165, 1.54) is 5.56 Å². The number of benzene rings is 1. The van der Waals surface area contributed by atoms with Crippen molar-refractivity contribution in [1.29, 1.82) is 0 Å². The van der Waals surface area contributed by atoms with Gasteiger partial charge in [0.25, 0.3) is 0 Å². The Morgan fingerprint density at radius 3 is 2.65 bits per heavy atom. The van der Waals surface area contributed by atoms with Crippen LogP contribution in [0.3, 0.4) is 0 Å². The van der Waals surface area contributed by atoms with E-state index in [1.54, 1.807) is 0 Å². The first kappa shape index (κ1) is 16.3. The molecule has 4 nitrogen and oxygen atoms in total. The third-order valence-corrected chi connectivity index (χ3v) is 4.83. The predicted octanol–water partition coefficient (Wildman–Crippen LogP) is 3.14. The van der Waals surface area contributed by atoms with Gasteiger partial charge in [-0.15, -0.1) is 0 Å². The summed E-state index contributed by atoms with van der Waals surface area (Å²) in [5.41, 5.74) is 1.15. The molecule has 3 rings (SSSR count). The van der Waals surface area contributed by atoms with Crippen molar-refractivity contribution in [2.45, 2.75) is 51.0 Å². The maximum Gasteiger partial charge on any atom is 0.307 e. The molecule has 0 amide bonds. The standard InChI is InChI=1S/C19H27NO3/c1-18(2,3)23-17(21)8-11-20-12-9-19(10-13-20)14-22-16-7-5-4-6-15(16)19/h4-7H,8-14H2,1-3H3. The first-order valence-corrected chi connectivity index (χ1v) is 8.55. The second-order valence-corrected chi connectivity index (χ2v) is 7.74. The molecule has 0 bridgehead atoms. The van der Waals surface area contributed by atoms with Crippen LogP contribution in [0.2, 0.25) is 0 Å². The number of piperidine rings is 1. The molecule has 0 atom stereocenters. The zero-order valence-electron chi connectivity index (χ0n) is 14.4. The lowest BCUT2D eigenvalue weighted by Gasteiger charge is -2.38. The number of hydrogen-bond acceptors (Lipinski definition) is 4. The normalized spacial score (nSPS) is 20.1. The summed E-state index contributed by atoms with van der Waals surface area (Å²) < 4.78 is 11.3. The summed E-state index contributed by atoms with van der Waals surface area (Å²) in [5.74, 6) is 0.946. The Labute approximate surface area is 138 Å². The molecule has 2 aliphatic heterocycles. The number of fused-ring (bicyclic) bond motifs is 2. The summed E-state index contributed by atoms with van der Waals surface area (Å²) in [6, 6.07) is 8.41. The number of nitrogens with zero attached hydrogens (tertiary/aromatic N) is 1. The molecule has 0 radical (unpaired) electrons. The number of para-hydroxylation sites is 1. The third-order valence-electron chi connectivity index (χ3n) is 4.83. The Bertz CT molecular complexity index is 568. The molecule has 1 aromatic carbocycles. The van der Waals surface area contributed by atoms with Crippen LogP contribution in [0.5, 0.6) is 5.75 Å². The van der Waals surface area contributed by atoms with Crippen LogP contribution in [0.15, 0.2) is 24.3 Å². The van der Waals surface area contributed by atoms with Crippen LogP contribution in [-0.2, 0) is 14.9 Å². The number of esters is 1. The Morgan fingerprint density at radius 1 is 1.26 bits per heavy atom. The SMILES string of the molecule is CC(C)(C)OC(=O)CCN1CCC2(CC1)COc1ccccc12. The fourth-order valence-electron chi connectivity index (χ4n) is 3.58. The van der Waals surface area contributed by atoms with Gasteiger partial charge in [0.15, 0.2) is 0 Å². The number of hydrogen-bond donors (Lipinski definition) is 0. The van der Waals surface area contributed by atoms with Crippen molar-refractivity contribution in [3.05, 3.63) is 29.8 Å². The van der Waals surface area contributed by atoms with E-state index in [9.17, 15) is 4.79 Å². The summed E-state index contributed by atoms with van der Waals surface area (Å²) in [7, 11) is 0. The summed E-state index contributed by atoms with van der Waals surface area (Å²) >= 11 is 0. The first-order chi connectivity index (χ1) is 10.9. The van der Waals surface area contributed by atoms with Crippen LogP contribution in [-0.4, -0.2) is 42.7 Å². The van der Waals surface area contributed by atoms with Crippen LogP contribution in [0.1, 0.15) is 45.6 Å². The van der Waals surface area contributed by atoms with Gasteiger partial charge in [-0.3, -0.25) is 4.79 Å². The fraction of sp³-hybridized carbons (Fsp3) is 0.632. The van der Waals surface area contributed by atoms with E-state index in [1.807, 2.05) is 26.8 Å². The predicted molar refractivity (Wildman–Crippen MR) is 89.8 cm³/mol. The molecule has 0 aromatic heterocycles. The smallest absolute Gasteiger partial charge is 0.307 e. The van der Waals surface area contributed by atoms with Gasteiger partial charge in [0.1, 0.15) is 11.4 Å². The number of carbonyl (C=O) groups is 1. The van der Waals surface area contributed by atoms with Gasteiger partial charge in [-0.1, -0.05) is 18.2 Å². The van der Waals surface area contributed by atoms with Gasteiger partial charge in [-0.05, 0) is 52.8 Å². The molecule has 0 unspecified atom stereocenters. The highest BCUT2D eigenvalue weighted by molar-refractivity contribution is 5.70. The highest BCUT2D eigenvalue weighted by Crippen LogP contribution is 2.45. The number of likely N-dealkylation sites (tertiary alicyclic amines) is 1. The Hall–Kier alpha value is -1.55. The summed E-state index contributed by atoms with van der Waals surface area (Å²) in [5, 5.41) is 0. The van der Waals surface area contributed by atoms with Crippen molar-refractivity contribution >= 4 is 5.97 Å². The monoisotopic (exact) mass is 317 g/mol. The third kappa shape index (κ3) is 3.69. The first-order valence-electron chi connectivity index (χ1n) is 8.55. The Morgan fingerprint density at radius 2 is 1.96 bits per heavy atom. The van der Waals surface area contributed by atoms with Crippen LogP contribution in [0.25, 0.3) is 0 Å². The molecule has 4 heteroatoms. The molecule has 0 aliphatic carbocycles. The Balaban J connectivity index is 1.51. The highest BCUT2D eigenvalue weighted by Gasteiger charge is 2.42. The van der Waals surface area contributed by atoms with E-state index in [0.717, 1.165) is 44.8 Å². The number of rotatable bonds is 3. The maximum absolute atomic E-state index is 11.8. The highest BCUT2D eigenvalue weighted by atomic mass is 16.6. The van der Waals surface area contributed by atoms with E-state index in [0.29, 0.717) is 6.42 Å². The largest absolute Gasteiger partial charge is 0.492 e. The quantitative estimate of drug-likeness (QED) is 0.803. The minimum atomic E-state index is -0.395. The molecule has 1 saturated heterocycles. The van der Waals surface area contributed by atoms with Gasteiger partial charge < -0.3 is 14.4 Å². The lowest BCUT2D eigenvalue weighted by atomic mass is 9.74. The summed E-state index contributed by atoms with van der Waals surface area (Å²) in [6.07, 6.45) is 2.66. The Kier molecular flexibility index (Phi) is 4.37. The van der Waals surface area contributed by atoms with Crippen molar-refractivity contribution in [1.82, 2.24) is 4.90 Å². The average Bonchev–Trinajstić information content (AvgIpc) is 2.85. The van der Waals surface area contributed by atoms with E-state index < -0.39 is 5.60 Å². The van der Waals surface area contributed by atoms with Gasteiger partial charge in [0.05, 0.1) is 13.0 Å². The lowest BCUT2D eigenvalue weighted by molar-refractivity contribution is -0.155. The molecule has 1 aromatic rings. The summed E-state index contributed by atoms with van der Waals surface area (Å²) in [6.45, 7) is 9.34. The zero-order chi connectivity index (χ0) is 16.5. The van der Waals surface area contributed by atoms with E-state index in [4.69, 9.17) is 9.47 Å². The molecule has 0 N–H and O–H groups in total. The molecular weight excluding hydrogens is 290 g/mol. The molecule has 1 spiro atoms. The van der Waals surface area contributed by atoms with Crippen LogP contribution in [0.4, 0.5) is 0 Å². The fourth-order valence-corrected chi connectivity index (χ4v) is 3.58. The van der Waals surface area contributed by atoms with Crippen molar-refractivity contribution in [2.24, 2.45) is 0 Å². The van der Waals surface area contributed by atoms with Crippen LogP contribution < -0.4 is 4.74 Å². The maximum atomic E-state index is 11.8. The molecule has 1 fully saturated rings. The molecule has 23 heavy (non-hydrogen) atoms. The number of ether oxygens (including phenoxy) is 2. The van der Waals surface area contributed by atoms with E-state index in [2.05, 4.69) is 23.1 Å². The molecule has 2 heterocycles. The minimum absolute atomic E-state index is 0.104. The van der Waals surface area contributed by atoms with Gasteiger partial charge in [-0.25, -0.2) is 0 Å². The second kappa shape index (κ2) is 6.16. The van der Waals surface area contributed by atoms with Crippen LogP contribution >= 0.6 is 0 Å². The molecule has 0 saturated carbocycles. The van der Waals surface area contributed by atoms with Gasteiger partial charge in [0, 0.05) is 17.5 Å². The van der Waals surface area contributed by atoms with E-state index >= 15 is 0 Å². The molecular formula is C19H27NO3. The van der Waals surface area contributed by atoms with Gasteiger partial charge in [-0.2, -0.15) is 0 Å². The lowest BCUT2D eigenvalue weighted by Crippen LogP contribution is -2.44. The molecule has 2 aliphatic rings. The van der Waals surface area contributed by atoms with Crippen molar-refractivity contribution in [2.75, 3.05) is 26.2 Å².